The van der Waals surface area contributed by atoms with Gasteiger partial charge in [0.25, 0.3) is 0 Å². The normalized spacial score (nSPS) is 51.8. The summed E-state index contributed by atoms with van der Waals surface area (Å²) >= 11 is 0. The van der Waals surface area contributed by atoms with Gasteiger partial charge >= 0.3 is 29.6 Å². The van der Waals surface area contributed by atoms with E-state index in [4.69, 9.17) is 61.0 Å². The number of aliphatic hydroxyl groups is 15. The Hall–Kier alpha value is -0.730. The smallest absolute Gasteiger partial charge is 0.726 e. The minimum atomic E-state index is -5.13. The van der Waals surface area contributed by atoms with Gasteiger partial charge in [-0.15, -0.1) is 0 Å². The summed E-state index contributed by atoms with van der Waals surface area (Å²) in [4.78, 5) is 0. The van der Waals surface area contributed by atoms with E-state index in [9.17, 15) is 89.6 Å². The third kappa shape index (κ3) is 15.9. The molecule has 6 heterocycles. The van der Waals surface area contributed by atoms with Crippen molar-refractivity contribution in [1.29, 1.82) is 0 Å². The molecule has 6 aliphatic heterocycles. The van der Waals surface area contributed by atoms with Gasteiger partial charge < -0.3 is 138 Å². The van der Waals surface area contributed by atoms with E-state index in [1.807, 2.05) is 20.8 Å². The SMILES string of the molecule is CC(C)=CCC[C@](C)(O)[C@H]1CC[C@H]2C3C[C@H](OC4OC(C)C(O)C(OC5OCC(OC6OC(C)C(O)C(O)C6OC6OC(C)C(O)C(OC7OC(CO)C(O)C(O)C7O)C6O)C(O)C5OC5OC(C)C(O)C(O)C5O)C4O)[C@H]4C[C@@H](OS(=O)(=O)[O-])CC[C@]4(C)C3=CC[C@@]21C.[Na+]. The van der Waals surface area contributed by atoms with Crippen LogP contribution in [0, 0.1) is 34.5 Å². The summed E-state index contributed by atoms with van der Waals surface area (Å²) in [5.74, 6) is -0.596. The summed E-state index contributed by atoms with van der Waals surface area (Å²) in [7, 11) is -5.13. The maximum Gasteiger partial charge on any atom is 1.00 e. The molecule has 6 saturated heterocycles. The van der Waals surface area contributed by atoms with E-state index in [1.165, 1.54) is 33.3 Å². The van der Waals surface area contributed by atoms with Crippen LogP contribution in [-0.2, 0) is 71.4 Å². The molecular formula is C62H101NaO31S. The Morgan fingerprint density at radius 1 is 0.589 bits per heavy atom. The van der Waals surface area contributed by atoms with Crippen LogP contribution in [0.25, 0.3) is 0 Å². The van der Waals surface area contributed by atoms with E-state index in [0.29, 0.717) is 32.1 Å². The standard InChI is InChI=1S/C62H102O31S.Na/c1-23(2)11-10-16-62(9,77)36-13-12-30-29-20-33(32-19-28(93-94(78,79)80)14-17-60(32,7)31(29)15-18-61(30,36)8)86-56-48(75)51(40(67)26(5)83-56)90-58-52(91-54-46(73)43(70)37(64)24(3)82-54)42(69)35(22-81-58)88-59-53(45(72)38(65)25(4)85-59)92-57-49(76)50(39(66)27(6)84-57)89-55-47(74)44(71)41(68)34(21-63)87-55;/h11,15,24-30,32-59,63-77H,10,12-14,16-22H2,1-9H3,(H,78,79,80);/q;+1/p-1/t24?,25?,26?,27?,28-,29?,30-,32+,33-,34?,35?,36-,37?,38?,39?,40?,41?,42?,43?,44?,45?,46?,47?,48?,49?,50?,51?,52?,53?,54?,55?,56?,57?,58?,59?,60+,61-,62-;/m0./s1. The zero-order valence-electron chi connectivity index (χ0n) is 55.3. The Balaban J connectivity index is 0.0000106. The molecule has 0 spiro atoms. The summed E-state index contributed by atoms with van der Waals surface area (Å²) in [5.41, 5.74) is 0.376. The maximum atomic E-state index is 12.5. The molecule has 3 saturated carbocycles. The van der Waals surface area contributed by atoms with Crippen LogP contribution < -0.4 is 29.6 Å². The molecule has 9 fully saturated rings. The molecular weight excluding hydrogens is 1300 g/mol. The van der Waals surface area contributed by atoms with Crippen molar-refractivity contribution in [2.24, 2.45) is 34.5 Å². The van der Waals surface area contributed by atoms with Gasteiger partial charge in [0.15, 0.2) is 37.7 Å². The minimum absolute atomic E-state index is 0. The van der Waals surface area contributed by atoms with Crippen LogP contribution in [0.15, 0.2) is 23.3 Å². The van der Waals surface area contributed by atoms with Gasteiger partial charge in [0.1, 0.15) is 116 Å². The fourth-order valence-corrected chi connectivity index (χ4v) is 17.5. The van der Waals surface area contributed by atoms with Crippen molar-refractivity contribution < 1.29 is 180 Å². The second-order valence-corrected chi connectivity index (χ2v) is 30.0. The zero-order chi connectivity index (χ0) is 68.7. The van der Waals surface area contributed by atoms with E-state index in [0.717, 1.165) is 18.4 Å². The van der Waals surface area contributed by atoms with Gasteiger partial charge in [-0.2, -0.15) is 0 Å². The van der Waals surface area contributed by atoms with Gasteiger partial charge in [-0.05, 0) is 141 Å². The first-order valence-electron chi connectivity index (χ1n) is 33.0. The van der Waals surface area contributed by atoms with Crippen LogP contribution in [0.5, 0.6) is 0 Å². The molecule has 0 radical (unpaired) electrons. The van der Waals surface area contributed by atoms with Gasteiger partial charge in [-0.3, -0.25) is 4.18 Å². The number of allylic oxidation sites excluding steroid dienone is 4. The molecule has 542 valence electrons. The summed E-state index contributed by atoms with van der Waals surface area (Å²) in [5, 5.41) is 169. The predicted octanol–water partition coefficient (Wildman–Crippen LogP) is -6.42. The minimum Gasteiger partial charge on any atom is -0.726 e. The number of hydrogen-bond acceptors (Lipinski definition) is 31. The van der Waals surface area contributed by atoms with Gasteiger partial charge in [-0.25, -0.2) is 8.42 Å². The number of ether oxygens (including phenoxy) is 12. The van der Waals surface area contributed by atoms with Crippen molar-refractivity contribution in [2.75, 3.05) is 13.2 Å². The summed E-state index contributed by atoms with van der Waals surface area (Å²) in [6.07, 6.45) is -42.9. The molecule has 0 aromatic rings. The maximum absolute atomic E-state index is 12.5. The van der Waals surface area contributed by atoms with Gasteiger partial charge in [0.05, 0.1) is 55.4 Å². The van der Waals surface area contributed by atoms with Crippen LogP contribution in [-0.4, -0.2) is 299 Å². The van der Waals surface area contributed by atoms with Crippen molar-refractivity contribution in [3.05, 3.63) is 23.3 Å². The topological polar surface area (TPSA) is 481 Å². The Morgan fingerprint density at radius 2 is 1.08 bits per heavy atom. The van der Waals surface area contributed by atoms with Crippen molar-refractivity contribution in [2.45, 2.75) is 316 Å². The van der Waals surface area contributed by atoms with E-state index in [2.05, 4.69) is 26.0 Å². The number of hydrogen-bond donors (Lipinski definition) is 15. The molecule has 10 aliphatic rings. The number of fused-ring (bicyclic) bond motifs is 5. The molecule has 30 unspecified atom stereocenters. The van der Waals surface area contributed by atoms with E-state index < -0.39 is 231 Å². The Bertz CT molecular complexity index is 2710. The molecule has 0 bridgehead atoms. The zero-order valence-corrected chi connectivity index (χ0v) is 58.1. The van der Waals surface area contributed by atoms with Crippen LogP contribution in [0.1, 0.15) is 120 Å². The van der Waals surface area contributed by atoms with Crippen LogP contribution in [0.3, 0.4) is 0 Å². The van der Waals surface area contributed by atoms with Crippen molar-refractivity contribution in [3.8, 4) is 0 Å². The van der Waals surface area contributed by atoms with E-state index >= 15 is 0 Å². The van der Waals surface area contributed by atoms with Crippen molar-refractivity contribution in [3.63, 3.8) is 0 Å². The first kappa shape index (κ1) is 78.4. The van der Waals surface area contributed by atoms with Gasteiger partial charge in [0.2, 0.25) is 10.4 Å². The Kier molecular flexibility index (Phi) is 25.5. The Morgan fingerprint density at radius 3 is 1.66 bits per heavy atom. The fourth-order valence-electron chi connectivity index (χ4n) is 17.0. The molecule has 31 nitrogen and oxygen atoms in total. The largest absolute Gasteiger partial charge is 1.00 e. The first-order valence-corrected chi connectivity index (χ1v) is 34.3. The molecule has 38 atom stereocenters. The second kappa shape index (κ2) is 30.9. The predicted molar refractivity (Wildman–Crippen MR) is 315 cm³/mol. The third-order valence-electron chi connectivity index (χ3n) is 22.4. The monoisotopic (exact) mass is 1400 g/mol. The molecule has 33 heteroatoms. The van der Waals surface area contributed by atoms with Crippen LogP contribution in [0.4, 0.5) is 0 Å². The molecule has 4 aliphatic carbocycles. The van der Waals surface area contributed by atoms with Crippen molar-refractivity contribution >= 4 is 10.4 Å². The summed E-state index contributed by atoms with van der Waals surface area (Å²) in [6.45, 7) is 14.4. The van der Waals surface area contributed by atoms with Crippen molar-refractivity contribution in [1.82, 2.24) is 0 Å². The number of rotatable bonds is 19. The number of aliphatic hydroxyl groups excluding tert-OH is 14. The van der Waals surface area contributed by atoms with Gasteiger partial charge in [0, 0.05) is 0 Å². The fraction of sp³-hybridized carbons (Fsp3) is 0.935. The summed E-state index contributed by atoms with van der Waals surface area (Å²) in [6, 6.07) is 0. The molecule has 0 amide bonds. The van der Waals surface area contributed by atoms with Crippen LogP contribution >= 0.6 is 0 Å². The van der Waals surface area contributed by atoms with Crippen LogP contribution in [0.2, 0.25) is 0 Å². The molecule has 95 heavy (non-hydrogen) atoms. The molecule has 0 aromatic heterocycles. The van der Waals surface area contributed by atoms with E-state index in [1.54, 1.807) is 0 Å². The molecule has 0 aromatic carbocycles. The Labute approximate surface area is 574 Å². The van der Waals surface area contributed by atoms with Gasteiger partial charge in [-0.1, -0.05) is 37.1 Å². The average molecular weight is 1400 g/mol. The first-order chi connectivity index (χ1) is 44.0. The summed E-state index contributed by atoms with van der Waals surface area (Å²) < 4.78 is 115. The van der Waals surface area contributed by atoms with E-state index in [-0.39, 0.29) is 65.6 Å². The molecule has 15 N–H and O–H groups in total. The average Bonchev–Trinajstić information content (AvgIpc) is 1.68. The second-order valence-electron chi connectivity index (χ2n) is 28.9. The third-order valence-corrected chi connectivity index (χ3v) is 22.9. The quantitative estimate of drug-likeness (QED) is 0.0247. The molecule has 10 rings (SSSR count).